The van der Waals surface area contributed by atoms with Gasteiger partial charge in [-0.05, 0) is 41.1 Å². The molecule has 0 aliphatic carbocycles. The maximum atomic E-state index is 11.2. The van der Waals surface area contributed by atoms with Gasteiger partial charge in [0, 0.05) is 6.26 Å². The van der Waals surface area contributed by atoms with Gasteiger partial charge in [0.05, 0.1) is 16.0 Å². The Morgan fingerprint density at radius 3 is 2.57 bits per heavy atom. The largest absolute Gasteiger partial charge is 0.493 e. The Morgan fingerprint density at radius 1 is 1.43 bits per heavy atom. The number of ether oxygens (including phenoxy) is 1. The van der Waals surface area contributed by atoms with Crippen LogP contribution in [0.25, 0.3) is 0 Å². The van der Waals surface area contributed by atoms with Crippen molar-refractivity contribution in [2.75, 3.05) is 12.9 Å². The lowest BCUT2D eigenvalue weighted by Crippen LogP contribution is -1.99. The van der Waals surface area contributed by atoms with E-state index in [0.717, 1.165) is 4.47 Å². The van der Waals surface area contributed by atoms with Gasteiger partial charge in [0.1, 0.15) is 5.75 Å². The van der Waals surface area contributed by atoms with Crippen molar-refractivity contribution in [1.82, 2.24) is 0 Å². The molecule has 0 aliphatic rings. The molecular weight excluding hydrogens is 268 g/mol. The van der Waals surface area contributed by atoms with Crippen molar-refractivity contribution in [3.63, 3.8) is 0 Å². The minimum atomic E-state index is -3.16. The molecule has 0 saturated carbocycles. The van der Waals surface area contributed by atoms with Gasteiger partial charge in [-0.3, -0.25) is 0 Å². The SMILES string of the molecule is CCOc1cc(S(C)(=O)=O)ccc1Br. The van der Waals surface area contributed by atoms with Gasteiger partial charge in [-0.1, -0.05) is 0 Å². The number of hydrogen-bond donors (Lipinski definition) is 0. The highest BCUT2D eigenvalue weighted by molar-refractivity contribution is 9.10. The van der Waals surface area contributed by atoms with Crippen molar-refractivity contribution in [1.29, 1.82) is 0 Å². The molecule has 5 heteroatoms. The summed E-state index contributed by atoms with van der Waals surface area (Å²) in [6, 6.07) is 4.73. The first kappa shape index (κ1) is 11.5. The first-order chi connectivity index (χ1) is 6.45. The summed E-state index contributed by atoms with van der Waals surface area (Å²) < 4.78 is 28.5. The fraction of sp³-hybridized carbons (Fsp3) is 0.333. The molecule has 14 heavy (non-hydrogen) atoms. The topological polar surface area (TPSA) is 43.4 Å². The van der Waals surface area contributed by atoms with Gasteiger partial charge >= 0.3 is 0 Å². The van der Waals surface area contributed by atoms with Crippen LogP contribution in [0.3, 0.4) is 0 Å². The Labute approximate surface area is 92.1 Å². The molecule has 0 atom stereocenters. The Bertz CT molecular complexity index is 426. The fourth-order valence-electron chi connectivity index (χ4n) is 0.980. The molecule has 0 unspecified atom stereocenters. The molecule has 0 aliphatic heterocycles. The van der Waals surface area contributed by atoms with Gasteiger partial charge in [0.15, 0.2) is 9.84 Å². The monoisotopic (exact) mass is 278 g/mol. The van der Waals surface area contributed by atoms with Crippen molar-refractivity contribution in [2.45, 2.75) is 11.8 Å². The van der Waals surface area contributed by atoms with Crippen molar-refractivity contribution < 1.29 is 13.2 Å². The molecule has 78 valence electrons. The van der Waals surface area contributed by atoms with Crippen LogP contribution in [0.2, 0.25) is 0 Å². The number of halogens is 1. The van der Waals surface area contributed by atoms with Crippen LogP contribution in [0.4, 0.5) is 0 Å². The predicted molar refractivity (Wildman–Crippen MR) is 58.4 cm³/mol. The number of rotatable bonds is 3. The van der Waals surface area contributed by atoms with Crippen LogP contribution < -0.4 is 4.74 Å². The summed E-state index contributed by atoms with van der Waals surface area (Å²) in [4.78, 5) is 0.268. The van der Waals surface area contributed by atoms with Gasteiger partial charge in [-0.15, -0.1) is 0 Å². The Kier molecular flexibility index (Phi) is 3.55. The molecule has 0 amide bonds. The quantitative estimate of drug-likeness (QED) is 0.852. The van der Waals surface area contributed by atoms with Gasteiger partial charge < -0.3 is 4.74 Å². The lowest BCUT2D eigenvalue weighted by Gasteiger charge is -2.07. The van der Waals surface area contributed by atoms with Crippen molar-refractivity contribution in [2.24, 2.45) is 0 Å². The third kappa shape index (κ3) is 2.72. The first-order valence-electron chi connectivity index (χ1n) is 4.07. The third-order valence-corrected chi connectivity index (χ3v) is 3.40. The highest BCUT2D eigenvalue weighted by atomic mass is 79.9. The lowest BCUT2D eigenvalue weighted by molar-refractivity contribution is 0.337. The Balaban J connectivity index is 3.20. The van der Waals surface area contributed by atoms with Crippen LogP contribution in [0.15, 0.2) is 27.6 Å². The molecule has 0 bridgehead atoms. The van der Waals surface area contributed by atoms with Crippen LogP contribution in [0.1, 0.15) is 6.92 Å². The zero-order chi connectivity index (χ0) is 10.8. The number of sulfone groups is 1. The van der Waals surface area contributed by atoms with Gasteiger partial charge in [0.25, 0.3) is 0 Å². The van der Waals surface area contributed by atoms with Crippen molar-refractivity contribution in [3.8, 4) is 5.75 Å². The molecule has 0 heterocycles. The normalized spacial score (nSPS) is 11.4. The summed E-state index contributed by atoms with van der Waals surface area (Å²) in [5.41, 5.74) is 0. The van der Waals surface area contributed by atoms with Crippen molar-refractivity contribution >= 4 is 25.8 Å². The minimum Gasteiger partial charge on any atom is -0.493 e. The summed E-state index contributed by atoms with van der Waals surface area (Å²) in [6.07, 6.45) is 1.17. The molecular formula is C9H11BrO3S. The predicted octanol–water partition coefficient (Wildman–Crippen LogP) is 2.25. The zero-order valence-corrected chi connectivity index (χ0v) is 10.4. The van der Waals surface area contributed by atoms with E-state index >= 15 is 0 Å². The summed E-state index contributed by atoms with van der Waals surface area (Å²) in [5.74, 6) is 0.551. The second kappa shape index (κ2) is 4.31. The van der Waals surface area contributed by atoms with E-state index in [1.165, 1.54) is 12.3 Å². The standard InChI is InChI=1S/C9H11BrO3S/c1-3-13-9-6-7(14(2,11)12)4-5-8(9)10/h4-6H,3H2,1-2H3. The zero-order valence-electron chi connectivity index (χ0n) is 7.95. The van der Waals surface area contributed by atoms with E-state index in [-0.39, 0.29) is 4.90 Å². The lowest BCUT2D eigenvalue weighted by atomic mass is 10.3. The van der Waals surface area contributed by atoms with E-state index in [0.29, 0.717) is 12.4 Å². The molecule has 1 aromatic carbocycles. The molecule has 0 fully saturated rings. The van der Waals surface area contributed by atoms with E-state index in [1.807, 2.05) is 6.92 Å². The van der Waals surface area contributed by atoms with E-state index in [4.69, 9.17) is 4.74 Å². The van der Waals surface area contributed by atoms with Crippen LogP contribution in [-0.4, -0.2) is 21.3 Å². The Morgan fingerprint density at radius 2 is 2.07 bits per heavy atom. The molecule has 0 N–H and O–H groups in total. The highest BCUT2D eigenvalue weighted by Gasteiger charge is 2.10. The first-order valence-corrected chi connectivity index (χ1v) is 6.76. The van der Waals surface area contributed by atoms with Crippen LogP contribution in [0.5, 0.6) is 5.75 Å². The molecule has 0 spiro atoms. The fourth-order valence-corrected chi connectivity index (χ4v) is 1.98. The van der Waals surface area contributed by atoms with E-state index in [2.05, 4.69) is 15.9 Å². The molecule has 0 aromatic heterocycles. The second-order valence-corrected chi connectivity index (χ2v) is 5.67. The number of hydrogen-bond acceptors (Lipinski definition) is 3. The molecule has 1 rings (SSSR count). The summed E-state index contributed by atoms with van der Waals surface area (Å²) >= 11 is 3.28. The van der Waals surface area contributed by atoms with Crippen LogP contribution >= 0.6 is 15.9 Å². The third-order valence-electron chi connectivity index (χ3n) is 1.63. The molecule has 3 nitrogen and oxygen atoms in total. The minimum absolute atomic E-state index is 0.268. The van der Waals surface area contributed by atoms with Crippen LogP contribution in [0, 0.1) is 0 Å². The molecule has 0 radical (unpaired) electrons. The summed E-state index contributed by atoms with van der Waals surface area (Å²) in [7, 11) is -3.16. The van der Waals surface area contributed by atoms with Gasteiger partial charge in [-0.2, -0.15) is 0 Å². The molecule has 1 aromatic rings. The second-order valence-electron chi connectivity index (χ2n) is 2.80. The van der Waals surface area contributed by atoms with E-state index in [9.17, 15) is 8.42 Å². The van der Waals surface area contributed by atoms with E-state index < -0.39 is 9.84 Å². The van der Waals surface area contributed by atoms with Gasteiger partial charge in [-0.25, -0.2) is 8.42 Å². The average molecular weight is 279 g/mol. The summed E-state index contributed by atoms with van der Waals surface area (Å²) in [5, 5.41) is 0. The van der Waals surface area contributed by atoms with Gasteiger partial charge in [0.2, 0.25) is 0 Å². The van der Waals surface area contributed by atoms with Crippen LogP contribution in [-0.2, 0) is 9.84 Å². The maximum Gasteiger partial charge on any atom is 0.175 e. The Hall–Kier alpha value is -0.550. The summed E-state index contributed by atoms with van der Waals surface area (Å²) in [6.45, 7) is 2.35. The van der Waals surface area contributed by atoms with E-state index in [1.54, 1.807) is 12.1 Å². The highest BCUT2D eigenvalue weighted by Crippen LogP contribution is 2.27. The smallest absolute Gasteiger partial charge is 0.175 e. The van der Waals surface area contributed by atoms with Crippen molar-refractivity contribution in [3.05, 3.63) is 22.7 Å². The maximum absolute atomic E-state index is 11.2. The average Bonchev–Trinajstić information content (AvgIpc) is 2.07. The number of benzene rings is 1. The molecule has 0 saturated heterocycles.